The second kappa shape index (κ2) is 23.9. The van der Waals surface area contributed by atoms with Crippen LogP contribution in [0.2, 0.25) is 0 Å². The maximum absolute atomic E-state index is 12.7. The van der Waals surface area contributed by atoms with Crippen molar-refractivity contribution in [3.8, 4) is 0 Å². The van der Waals surface area contributed by atoms with Crippen molar-refractivity contribution < 1.29 is 70.1 Å². The maximum Gasteiger partial charge on any atom is 0.333 e. The van der Waals surface area contributed by atoms with Gasteiger partial charge >= 0.3 is 5.97 Å². The van der Waals surface area contributed by atoms with E-state index in [2.05, 4.69) is 26.8 Å². The number of allylic oxidation sites excluding steroid dienone is 1. The second-order valence-corrected chi connectivity index (χ2v) is 15.4. The molecule has 0 aromatic heterocycles. The zero-order valence-corrected chi connectivity index (χ0v) is 33.7. The average Bonchev–Trinajstić information content (AvgIpc) is 3.13. The van der Waals surface area contributed by atoms with E-state index in [-0.39, 0.29) is 17.4 Å². The summed E-state index contributed by atoms with van der Waals surface area (Å²) in [4.78, 5) is 12.7. The Morgan fingerprint density at radius 2 is 1.20 bits per heavy atom. The second-order valence-electron chi connectivity index (χ2n) is 15.4. The van der Waals surface area contributed by atoms with Crippen LogP contribution in [0.4, 0.5) is 0 Å². The van der Waals surface area contributed by atoms with Crippen LogP contribution >= 0.6 is 0 Å². The highest BCUT2D eigenvalue weighted by Gasteiger charge is 2.45. The Balaban J connectivity index is 3.25. The van der Waals surface area contributed by atoms with Gasteiger partial charge in [0.05, 0.1) is 38.1 Å². The van der Waals surface area contributed by atoms with E-state index in [1.165, 1.54) is 13.0 Å². The Morgan fingerprint density at radius 1 is 0.704 bits per heavy atom. The normalized spacial score (nSPS) is 27.8. The van der Waals surface area contributed by atoms with Crippen LogP contribution in [0.25, 0.3) is 0 Å². The lowest BCUT2D eigenvalue weighted by Gasteiger charge is -2.41. The molecule has 1 heterocycles. The standard InChI is InChI=1S/C40H70O14/c1-11-20(2)12-21(3)13-26(8)37(54-40-36(50)35(49)34(48)31(19-43)52-40)27(9)15-24(6)32(46)22(4)14-23(5)33(47)25(7)16-28(10)39(51)53-38(29(44)17-41)30(45)18-42/h13-16,20-22,25,27,29-38,40-50H,11-12,17-19H2,1-10H3/b23-14+,24-15+,26-13+,28-16+/t20?,21?,22?,25?,27?,29-,30-,31-,32?,33?,34-,35+,36+,37?,40+/m1/s1. The molecule has 0 radical (unpaired) electrons. The minimum atomic E-state index is -1.62. The van der Waals surface area contributed by atoms with Crippen LogP contribution < -0.4 is 0 Å². The Labute approximate surface area is 321 Å². The van der Waals surface area contributed by atoms with Crippen molar-refractivity contribution in [3.05, 3.63) is 46.6 Å². The van der Waals surface area contributed by atoms with E-state index in [9.17, 15) is 55.9 Å². The van der Waals surface area contributed by atoms with Gasteiger partial charge in [-0.15, -0.1) is 0 Å². The molecule has 1 aliphatic heterocycles. The highest BCUT2D eigenvalue weighted by Crippen LogP contribution is 2.30. The summed E-state index contributed by atoms with van der Waals surface area (Å²) in [6, 6.07) is 0. The topological polar surface area (TPSA) is 247 Å². The van der Waals surface area contributed by atoms with E-state index in [1.807, 2.05) is 19.9 Å². The largest absolute Gasteiger partial charge is 0.453 e. The minimum absolute atomic E-state index is 0.0644. The molecule has 0 aromatic carbocycles. The van der Waals surface area contributed by atoms with Crippen LogP contribution in [0, 0.1) is 29.6 Å². The smallest absolute Gasteiger partial charge is 0.333 e. The number of aliphatic hydroxyl groups is 10. The van der Waals surface area contributed by atoms with Crippen molar-refractivity contribution in [2.24, 2.45) is 29.6 Å². The minimum Gasteiger partial charge on any atom is -0.453 e. The lowest BCUT2D eigenvalue weighted by atomic mass is 9.87. The first-order valence-electron chi connectivity index (χ1n) is 19.0. The van der Waals surface area contributed by atoms with Gasteiger partial charge < -0.3 is 65.3 Å². The monoisotopic (exact) mass is 774 g/mol. The van der Waals surface area contributed by atoms with Crippen LogP contribution in [0.15, 0.2) is 46.6 Å². The zero-order valence-electron chi connectivity index (χ0n) is 33.7. The van der Waals surface area contributed by atoms with E-state index in [0.29, 0.717) is 17.1 Å². The number of rotatable bonds is 22. The van der Waals surface area contributed by atoms with Crippen molar-refractivity contribution in [2.45, 2.75) is 149 Å². The third-order valence-electron chi connectivity index (χ3n) is 10.3. The molecule has 0 spiro atoms. The third kappa shape index (κ3) is 14.8. The molecule has 15 atom stereocenters. The molecule has 10 N–H and O–H groups in total. The molecule has 1 fully saturated rings. The molecule has 0 aliphatic carbocycles. The van der Waals surface area contributed by atoms with Crippen LogP contribution in [-0.4, -0.2) is 144 Å². The van der Waals surface area contributed by atoms with E-state index < -0.39 is 105 Å². The molecule has 54 heavy (non-hydrogen) atoms. The van der Waals surface area contributed by atoms with Gasteiger partial charge in [-0.05, 0) is 62.7 Å². The number of hydrogen-bond donors (Lipinski definition) is 10. The number of carbonyl (C=O) groups is 1. The number of aliphatic hydroxyl groups excluding tert-OH is 10. The van der Waals surface area contributed by atoms with Gasteiger partial charge in [-0.2, -0.15) is 0 Å². The van der Waals surface area contributed by atoms with Crippen molar-refractivity contribution in [1.82, 2.24) is 0 Å². The molecule has 14 nitrogen and oxygen atoms in total. The lowest BCUT2D eigenvalue weighted by Crippen LogP contribution is -2.60. The Kier molecular flexibility index (Phi) is 22.1. The van der Waals surface area contributed by atoms with Gasteiger partial charge in [0.25, 0.3) is 0 Å². The van der Waals surface area contributed by atoms with Gasteiger partial charge in [-0.1, -0.05) is 72.3 Å². The quantitative estimate of drug-likeness (QED) is 0.0423. The molecule has 1 saturated heterocycles. The van der Waals surface area contributed by atoms with Gasteiger partial charge in [0.1, 0.15) is 36.6 Å². The summed E-state index contributed by atoms with van der Waals surface area (Å²) < 4.78 is 17.1. The number of esters is 1. The van der Waals surface area contributed by atoms with Crippen molar-refractivity contribution in [3.63, 3.8) is 0 Å². The first-order chi connectivity index (χ1) is 25.1. The lowest BCUT2D eigenvalue weighted by molar-refractivity contribution is -0.310. The molecular weight excluding hydrogens is 704 g/mol. The Bertz CT molecular complexity index is 1240. The van der Waals surface area contributed by atoms with E-state index in [4.69, 9.17) is 14.2 Å². The Morgan fingerprint density at radius 3 is 1.69 bits per heavy atom. The number of ether oxygens (including phenoxy) is 3. The van der Waals surface area contributed by atoms with Crippen molar-refractivity contribution in [1.29, 1.82) is 0 Å². The highest BCUT2D eigenvalue weighted by molar-refractivity contribution is 5.88. The first kappa shape index (κ1) is 50.0. The summed E-state index contributed by atoms with van der Waals surface area (Å²) in [6.07, 6.45) is -5.62. The van der Waals surface area contributed by atoms with Gasteiger partial charge in [-0.25, -0.2) is 4.79 Å². The summed E-state index contributed by atoms with van der Waals surface area (Å²) in [5.41, 5.74) is 2.03. The van der Waals surface area contributed by atoms with Crippen LogP contribution in [0.5, 0.6) is 0 Å². The molecule has 314 valence electrons. The van der Waals surface area contributed by atoms with Gasteiger partial charge in [0, 0.05) is 23.3 Å². The fourth-order valence-electron chi connectivity index (χ4n) is 6.81. The van der Waals surface area contributed by atoms with Crippen LogP contribution in [0.3, 0.4) is 0 Å². The summed E-state index contributed by atoms with van der Waals surface area (Å²) in [5, 5.41) is 102. The molecule has 8 unspecified atom stereocenters. The van der Waals surface area contributed by atoms with Gasteiger partial charge in [0.15, 0.2) is 12.4 Å². The van der Waals surface area contributed by atoms with Crippen molar-refractivity contribution in [2.75, 3.05) is 19.8 Å². The number of hydrogen-bond acceptors (Lipinski definition) is 14. The molecule has 1 rings (SSSR count). The fraction of sp³-hybridized carbons (Fsp3) is 0.775. The van der Waals surface area contributed by atoms with Gasteiger partial charge in [-0.3, -0.25) is 0 Å². The van der Waals surface area contributed by atoms with Crippen LogP contribution in [0.1, 0.15) is 82.1 Å². The molecule has 1 aliphatic rings. The average molecular weight is 775 g/mol. The predicted octanol–water partition coefficient (Wildman–Crippen LogP) is 1.28. The van der Waals surface area contributed by atoms with Gasteiger partial charge in [0.2, 0.25) is 0 Å². The Hall–Kier alpha value is -2.05. The predicted molar refractivity (Wildman–Crippen MR) is 202 cm³/mol. The maximum atomic E-state index is 12.7. The van der Waals surface area contributed by atoms with Crippen LogP contribution in [-0.2, 0) is 19.0 Å². The highest BCUT2D eigenvalue weighted by atomic mass is 16.7. The number of carbonyl (C=O) groups excluding carboxylic acids is 1. The van der Waals surface area contributed by atoms with E-state index in [1.54, 1.807) is 33.8 Å². The van der Waals surface area contributed by atoms with E-state index >= 15 is 0 Å². The molecule has 0 bridgehead atoms. The summed E-state index contributed by atoms with van der Waals surface area (Å²) in [6.45, 7) is 16.3. The summed E-state index contributed by atoms with van der Waals surface area (Å²) >= 11 is 0. The van der Waals surface area contributed by atoms with Crippen molar-refractivity contribution >= 4 is 5.97 Å². The summed E-state index contributed by atoms with van der Waals surface area (Å²) in [5.74, 6) is -1.67. The molecule has 0 aromatic rings. The van der Waals surface area contributed by atoms with E-state index in [0.717, 1.165) is 18.4 Å². The molecular formula is C40H70O14. The fourth-order valence-corrected chi connectivity index (χ4v) is 6.81. The SMILES string of the molecule is CCC(C)CC(C)/C=C(\C)C(O[C@@H]1O[C@H](CO)[C@@H](O)[C@H](O)[C@@H]1O)C(C)/C=C(\C)C(O)C(C)/C=C(\C)C(O)C(C)/C=C(\C)C(=O)OC([C@H](O)CO)[C@H](O)CO. The molecule has 0 amide bonds. The molecule has 0 saturated carbocycles. The first-order valence-corrected chi connectivity index (χ1v) is 19.0. The summed E-state index contributed by atoms with van der Waals surface area (Å²) in [7, 11) is 0. The third-order valence-corrected chi connectivity index (χ3v) is 10.3. The molecule has 14 heteroatoms. The zero-order chi connectivity index (χ0) is 41.6.